The molecule has 0 aromatic carbocycles. The molecule has 0 bridgehead atoms. The van der Waals surface area contributed by atoms with E-state index in [0.717, 1.165) is 6.04 Å². The molecule has 124 valence electrons. The lowest BCUT2D eigenvalue weighted by Gasteiger charge is -2.44. The van der Waals surface area contributed by atoms with Crippen molar-refractivity contribution >= 4 is 0 Å². The van der Waals surface area contributed by atoms with Crippen LogP contribution < -0.4 is 5.32 Å². The lowest BCUT2D eigenvalue weighted by atomic mass is 9.99. The van der Waals surface area contributed by atoms with Gasteiger partial charge < -0.3 is 10.2 Å². The second-order valence-corrected chi connectivity index (χ2v) is 8.08. The van der Waals surface area contributed by atoms with E-state index < -0.39 is 0 Å². The first-order valence-electron chi connectivity index (χ1n) is 9.26. The zero-order valence-corrected chi connectivity index (χ0v) is 14.7. The Kier molecular flexibility index (Phi) is 6.97. The smallest absolute Gasteiger partial charge is 0.0223 e. The van der Waals surface area contributed by atoms with Crippen molar-refractivity contribution in [3.63, 3.8) is 0 Å². The van der Waals surface area contributed by atoms with Crippen LogP contribution >= 0.6 is 0 Å². The standard InChI is InChI=1S/C18H37N3/c1-18(2,3)19-11-7-4-5-8-12-20-14-15-21-13-9-6-10-17(21)16-20/h17,19H,4-16H2,1-3H3. The van der Waals surface area contributed by atoms with E-state index in [4.69, 9.17) is 0 Å². The highest BCUT2D eigenvalue weighted by molar-refractivity contribution is 4.84. The molecule has 0 aromatic rings. The Morgan fingerprint density at radius 2 is 1.76 bits per heavy atom. The quantitative estimate of drug-likeness (QED) is 0.728. The van der Waals surface area contributed by atoms with Gasteiger partial charge in [0, 0.05) is 31.2 Å². The molecule has 0 saturated carbocycles. The fraction of sp³-hybridized carbons (Fsp3) is 1.00. The molecule has 0 radical (unpaired) electrons. The summed E-state index contributed by atoms with van der Waals surface area (Å²) in [7, 11) is 0. The summed E-state index contributed by atoms with van der Waals surface area (Å²) in [6.07, 6.45) is 9.82. The lowest BCUT2D eigenvalue weighted by molar-refractivity contribution is 0.0486. The van der Waals surface area contributed by atoms with Gasteiger partial charge in [-0.3, -0.25) is 4.90 Å². The van der Waals surface area contributed by atoms with Crippen LogP contribution in [0.1, 0.15) is 65.7 Å². The van der Waals surface area contributed by atoms with Gasteiger partial charge in [-0.25, -0.2) is 0 Å². The number of rotatable bonds is 7. The maximum atomic E-state index is 3.58. The average Bonchev–Trinajstić information content (AvgIpc) is 2.45. The van der Waals surface area contributed by atoms with Gasteiger partial charge in [-0.15, -0.1) is 0 Å². The van der Waals surface area contributed by atoms with Crippen molar-refractivity contribution < 1.29 is 0 Å². The van der Waals surface area contributed by atoms with Crippen molar-refractivity contribution in [3.05, 3.63) is 0 Å². The van der Waals surface area contributed by atoms with Crippen molar-refractivity contribution in [3.8, 4) is 0 Å². The minimum absolute atomic E-state index is 0.277. The van der Waals surface area contributed by atoms with Crippen LogP contribution in [0.15, 0.2) is 0 Å². The van der Waals surface area contributed by atoms with Crippen molar-refractivity contribution in [2.24, 2.45) is 0 Å². The van der Waals surface area contributed by atoms with E-state index in [1.165, 1.54) is 84.2 Å². The number of piperidine rings is 1. The van der Waals surface area contributed by atoms with Gasteiger partial charge in [-0.2, -0.15) is 0 Å². The highest BCUT2D eigenvalue weighted by Gasteiger charge is 2.28. The van der Waals surface area contributed by atoms with Gasteiger partial charge in [-0.1, -0.05) is 19.3 Å². The number of nitrogens with zero attached hydrogens (tertiary/aromatic N) is 2. The summed E-state index contributed by atoms with van der Waals surface area (Å²) in [5.41, 5.74) is 0.277. The van der Waals surface area contributed by atoms with Gasteiger partial charge in [0.25, 0.3) is 0 Å². The maximum Gasteiger partial charge on any atom is 0.0223 e. The van der Waals surface area contributed by atoms with Crippen molar-refractivity contribution in [2.75, 3.05) is 39.3 Å². The molecule has 1 atom stereocenters. The molecule has 1 N–H and O–H groups in total. The summed E-state index contributed by atoms with van der Waals surface area (Å²) < 4.78 is 0. The van der Waals surface area contributed by atoms with Crippen molar-refractivity contribution in [1.29, 1.82) is 0 Å². The average molecular weight is 296 g/mol. The SMILES string of the molecule is CC(C)(C)NCCCCCCN1CCN2CCCCC2C1. The van der Waals surface area contributed by atoms with E-state index in [9.17, 15) is 0 Å². The molecular weight excluding hydrogens is 258 g/mol. The number of piperazine rings is 1. The predicted octanol–water partition coefficient (Wildman–Crippen LogP) is 3.11. The summed E-state index contributed by atoms with van der Waals surface area (Å²) >= 11 is 0. The van der Waals surface area contributed by atoms with Crippen molar-refractivity contribution in [2.45, 2.75) is 77.3 Å². The minimum Gasteiger partial charge on any atom is -0.312 e. The van der Waals surface area contributed by atoms with E-state index in [0.29, 0.717) is 0 Å². The molecule has 2 saturated heterocycles. The van der Waals surface area contributed by atoms with Gasteiger partial charge in [0.05, 0.1) is 0 Å². The maximum absolute atomic E-state index is 3.58. The van der Waals surface area contributed by atoms with Gasteiger partial charge in [0.15, 0.2) is 0 Å². The highest BCUT2D eigenvalue weighted by atomic mass is 15.3. The fourth-order valence-electron chi connectivity index (χ4n) is 3.70. The van der Waals surface area contributed by atoms with Gasteiger partial charge in [0.1, 0.15) is 0 Å². The zero-order chi connectivity index (χ0) is 15.1. The van der Waals surface area contributed by atoms with Gasteiger partial charge >= 0.3 is 0 Å². The molecule has 2 fully saturated rings. The highest BCUT2D eigenvalue weighted by Crippen LogP contribution is 2.21. The van der Waals surface area contributed by atoms with Crippen LogP contribution in [0.25, 0.3) is 0 Å². The number of fused-ring (bicyclic) bond motifs is 1. The first-order valence-corrected chi connectivity index (χ1v) is 9.26. The molecule has 2 heterocycles. The topological polar surface area (TPSA) is 18.5 Å². The van der Waals surface area contributed by atoms with Crippen LogP contribution in [0, 0.1) is 0 Å². The molecule has 3 heteroatoms. The van der Waals surface area contributed by atoms with E-state index in [-0.39, 0.29) is 5.54 Å². The Hall–Kier alpha value is -0.120. The van der Waals surface area contributed by atoms with Crippen molar-refractivity contribution in [1.82, 2.24) is 15.1 Å². The number of hydrogen-bond acceptors (Lipinski definition) is 3. The summed E-state index contributed by atoms with van der Waals surface area (Å²) in [5.74, 6) is 0. The normalized spacial score (nSPS) is 25.0. The third kappa shape index (κ3) is 6.66. The third-order valence-corrected chi connectivity index (χ3v) is 4.98. The molecule has 0 amide bonds. The Balaban J connectivity index is 1.48. The fourth-order valence-corrected chi connectivity index (χ4v) is 3.70. The van der Waals surface area contributed by atoms with E-state index in [1.54, 1.807) is 0 Å². The Morgan fingerprint density at radius 1 is 0.952 bits per heavy atom. The van der Waals surface area contributed by atoms with Gasteiger partial charge in [0.2, 0.25) is 0 Å². The van der Waals surface area contributed by atoms with Crippen LogP contribution in [-0.2, 0) is 0 Å². The van der Waals surface area contributed by atoms with Crippen LogP contribution in [0.3, 0.4) is 0 Å². The molecule has 2 aliphatic heterocycles. The Morgan fingerprint density at radius 3 is 2.57 bits per heavy atom. The van der Waals surface area contributed by atoms with E-state index >= 15 is 0 Å². The molecule has 1 unspecified atom stereocenters. The van der Waals surface area contributed by atoms with Gasteiger partial charge in [-0.05, 0) is 66.1 Å². The number of nitrogens with one attached hydrogen (secondary N) is 1. The third-order valence-electron chi connectivity index (χ3n) is 4.98. The number of unbranched alkanes of at least 4 members (excludes halogenated alkanes) is 3. The second-order valence-electron chi connectivity index (χ2n) is 8.08. The molecule has 0 spiro atoms. The van der Waals surface area contributed by atoms with Crippen LogP contribution in [0.4, 0.5) is 0 Å². The monoisotopic (exact) mass is 295 g/mol. The molecule has 0 aromatic heterocycles. The summed E-state index contributed by atoms with van der Waals surface area (Å²) in [5, 5.41) is 3.58. The summed E-state index contributed by atoms with van der Waals surface area (Å²) in [4.78, 5) is 5.46. The molecule has 2 rings (SSSR count). The minimum atomic E-state index is 0.277. The van der Waals surface area contributed by atoms with E-state index in [2.05, 4.69) is 35.9 Å². The first-order chi connectivity index (χ1) is 10.0. The lowest BCUT2D eigenvalue weighted by Crippen LogP contribution is -2.54. The molecule has 2 aliphatic rings. The second kappa shape index (κ2) is 8.50. The molecular formula is C18H37N3. The predicted molar refractivity (Wildman–Crippen MR) is 91.9 cm³/mol. The van der Waals surface area contributed by atoms with Crippen LogP contribution in [0.2, 0.25) is 0 Å². The van der Waals surface area contributed by atoms with E-state index in [1.807, 2.05) is 0 Å². The number of hydrogen-bond donors (Lipinski definition) is 1. The Labute approximate surface area is 132 Å². The summed E-state index contributed by atoms with van der Waals surface area (Å²) in [6.45, 7) is 14.6. The molecule has 3 nitrogen and oxygen atoms in total. The Bertz CT molecular complexity index is 285. The largest absolute Gasteiger partial charge is 0.312 e. The van der Waals surface area contributed by atoms with Crippen LogP contribution in [0.5, 0.6) is 0 Å². The zero-order valence-electron chi connectivity index (χ0n) is 14.7. The summed E-state index contributed by atoms with van der Waals surface area (Å²) in [6, 6.07) is 0.878. The molecule has 0 aliphatic carbocycles. The first kappa shape index (κ1) is 17.2. The van der Waals surface area contributed by atoms with Crippen LogP contribution in [-0.4, -0.2) is 60.6 Å². The molecule has 21 heavy (non-hydrogen) atoms.